The Kier molecular flexibility index (Phi) is 4.37. The molecule has 0 unspecified atom stereocenters. The summed E-state index contributed by atoms with van der Waals surface area (Å²) in [6, 6.07) is 0. The molecule has 0 amide bonds. The first-order chi connectivity index (χ1) is 9.75. The molecule has 0 spiro atoms. The Hall–Kier alpha value is -1.43. The van der Waals surface area contributed by atoms with E-state index < -0.39 is 29.2 Å². The van der Waals surface area contributed by atoms with Gasteiger partial charge < -0.3 is 0 Å². The SMILES string of the molecule is CC(C)c1ncc(-c2c(F)c(F)c(F)c(F)c2C(C)C)s1. The van der Waals surface area contributed by atoms with Crippen LogP contribution in [0.4, 0.5) is 17.6 Å². The first-order valence-corrected chi connectivity index (χ1v) is 7.39. The maximum atomic E-state index is 14.2. The van der Waals surface area contributed by atoms with Crippen molar-refractivity contribution in [1.82, 2.24) is 4.98 Å². The predicted octanol–water partition coefficient (Wildman–Crippen LogP) is 5.61. The lowest BCUT2D eigenvalue weighted by Crippen LogP contribution is -2.07. The Bertz CT molecular complexity index is 677. The molecule has 0 aliphatic carbocycles. The van der Waals surface area contributed by atoms with Crippen molar-refractivity contribution in [3.05, 3.63) is 40.0 Å². The molecule has 0 aliphatic rings. The van der Waals surface area contributed by atoms with E-state index in [1.807, 2.05) is 13.8 Å². The monoisotopic (exact) mass is 317 g/mol. The number of hydrogen-bond acceptors (Lipinski definition) is 2. The fourth-order valence-electron chi connectivity index (χ4n) is 2.10. The molecule has 6 heteroatoms. The van der Waals surface area contributed by atoms with E-state index in [1.165, 1.54) is 6.20 Å². The molecule has 0 atom stereocenters. The van der Waals surface area contributed by atoms with E-state index in [0.717, 1.165) is 16.3 Å². The summed E-state index contributed by atoms with van der Waals surface area (Å²) in [5.41, 5.74) is -0.392. The molecule has 114 valence electrons. The van der Waals surface area contributed by atoms with E-state index in [4.69, 9.17) is 0 Å². The number of rotatable bonds is 3. The van der Waals surface area contributed by atoms with Crippen LogP contribution in [0.5, 0.6) is 0 Å². The van der Waals surface area contributed by atoms with Crippen molar-refractivity contribution in [2.45, 2.75) is 39.5 Å². The smallest absolute Gasteiger partial charge is 0.198 e. The Morgan fingerprint density at radius 2 is 1.43 bits per heavy atom. The zero-order valence-electron chi connectivity index (χ0n) is 12.1. The van der Waals surface area contributed by atoms with Gasteiger partial charge in [0, 0.05) is 23.2 Å². The summed E-state index contributed by atoms with van der Waals surface area (Å²) in [4.78, 5) is 4.43. The minimum atomic E-state index is -1.79. The van der Waals surface area contributed by atoms with Gasteiger partial charge in [-0.15, -0.1) is 11.3 Å². The second-order valence-electron chi connectivity index (χ2n) is 5.42. The first kappa shape index (κ1) is 15.9. The van der Waals surface area contributed by atoms with Gasteiger partial charge in [0.2, 0.25) is 0 Å². The molecule has 1 aromatic heterocycles. The summed E-state index contributed by atoms with van der Waals surface area (Å²) >= 11 is 1.16. The maximum Gasteiger partial charge on any atom is 0.198 e. The van der Waals surface area contributed by atoms with Crippen LogP contribution in [-0.2, 0) is 0 Å². The number of thiazole rings is 1. The fraction of sp³-hybridized carbons (Fsp3) is 0.400. The number of halogens is 4. The third kappa shape index (κ3) is 2.69. The number of nitrogens with zero attached hydrogens (tertiary/aromatic N) is 1. The molecule has 1 aromatic carbocycles. The topological polar surface area (TPSA) is 12.9 Å². The summed E-state index contributed by atoms with van der Waals surface area (Å²) < 4.78 is 55.1. The Morgan fingerprint density at radius 1 is 0.857 bits per heavy atom. The van der Waals surface area contributed by atoms with Crippen molar-refractivity contribution in [2.75, 3.05) is 0 Å². The van der Waals surface area contributed by atoms with Crippen LogP contribution in [-0.4, -0.2) is 4.98 Å². The van der Waals surface area contributed by atoms with Crippen LogP contribution in [0.25, 0.3) is 10.4 Å². The van der Waals surface area contributed by atoms with E-state index in [1.54, 1.807) is 13.8 Å². The van der Waals surface area contributed by atoms with Crippen molar-refractivity contribution in [3.63, 3.8) is 0 Å². The molecule has 0 radical (unpaired) electrons. The van der Waals surface area contributed by atoms with E-state index in [2.05, 4.69) is 4.98 Å². The van der Waals surface area contributed by atoms with E-state index in [-0.39, 0.29) is 17.0 Å². The molecule has 0 saturated heterocycles. The standard InChI is InChI=1S/C15H15F4NS/c1-6(2)9-10(8-5-20-15(21-8)7(3)4)12(17)14(19)13(18)11(9)16/h5-7H,1-4H3. The van der Waals surface area contributed by atoms with Crippen LogP contribution in [0.15, 0.2) is 6.20 Å². The molecule has 2 aromatic rings. The summed E-state index contributed by atoms with van der Waals surface area (Å²) in [6.07, 6.45) is 1.38. The minimum Gasteiger partial charge on any atom is -0.249 e. The lowest BCUT2D eigenvalue weighted by Gasteiger charge is -2.15. The molecule has 0 aliphatic heterocycles. The van der Waals surface area contributed by atoms with Gasteiger partial charge in [-0.2, -0.15) is 0 Å². The lowest BCUT2D eigenvalue weighted by molar-refractivity contribution is 0.403. The second kappa shape index (κ2) is 5.75. The van der Waals surface area contributed by atoms with Gasteiger partial charge >= 0.3 is 0 Å². The number of aromatic nitrogens is 1. The zero-order chi connectivity index (χ0) is 15.9. The first-order valence-electron chi connectivity index (χ1n) is 6.57. The van der Waals surface area contributed by atoms with Gasteiger partial charge in [-0.1, -0.05) is 27.7 Å². The minimum absolute atomic E-state index is 0.115. The van der Waals surface area contributed by atoms with Crippen LogP contribution in [0.2, 0.25) is 0 Å². The summed E-state index contributed by atoms with van der Waals surface area (Å²) in [7, 11) is 0. The number of hydrogen-bond donors (Lipinski definition) is 0. The Labute approximate surface area is 124 Å². The van der Waals surface area contributed by atoms with Crippen LogP contribution in [0.1, 0.15) is 50.1 Å². The van der Waals surface area contributed by atoms with E-state index in [0.29, 0.717) is 4.88 Å². The summed E-state index contributed by atoms with van der Waals surface area (Å²) in [5, 5.41) is 0.726. The highest BCUT2D eigenvalue weighted by Gasteiger charge is 2.28. The highest BCUT2D eigenvalue weighted by atomic mass is 32.1. The summed E-state index contributed by atoms with van der Waals surface area (Å²) in [6.45, 7) is 7.02. The van der Waals surface area contributed by atoms with Gasteiger partial charge in [0.25, 0.3) is 0 Å². The second-order valence-corrected chi connectivity index (χ2v) is 6.48. The molecule has 21 heavy (non-hydrogen) atoms. The van der Waals surface area contributed by atoms with Crippen molar-refractivity contribution >= 4 is 11.3 Å². The quantitative estimate of drug-likeness (QED) is 0.407. The third-order valence-corrected chi connectivity index (χ3v) is 4.46. The van der Waals surface area contributed by atoms with Crippen molar-refractivity contribution in [3.8, 4) is 10.4 Å². The number of benzene rings is 1. The molecule has 1 heterocycles. The van der Waals surface area contributed by atoms with E-state index in [9.17, 15) is 17.6 Å². The maximum absolute atomic E-state index is 14.2. The van der Waals surface area contributed by atoms with Gasteiger partial charge in [-0.3, -0.25) is 0 Å². The Morgan fingerprint density at radius 3 is 1.90 bits per heavy atom. The molecule has 0 saturated carbocycles. The molecule has 0 fully saturated rings. The zero-order valence-corrected chi connectivity index (χ0v) is 12.9. The Balaban J connectivity index is 2.77. The van der Waals surface area contributed by atoms with Crippen LogP contribution in [0.3, 0.4) is 0 Å². The molecule has 0 N–H and O–H groups in total. The molecular formula is C15H15F4NS. The molecule has 1 nitrogen and oxygen atoms in total. The van der Waals surface area contributed by atoms with E-state index >= 15 is 0 Å². The normalized spacial score (nSPS) is 11.7. The molecule has 2 rings (SSSR count). The van der Waals surface area contributed by atoms with Crippen LogP contribution >= 0.6 is 11.3 Å². The lowest BCUT2D eigenvalue weighted by atomic mass is 9.94. The third-order valence-electron chi connectivity index (χ3n) is 3.14. The average Bonchev–Trinajstić information content (AvgIpc) is 2.89. The van der Waals surface area contributed by atoms with Gasteiger partial charge in [0.05, 0.1) is 9.88 Å². The average molecular weight is 317 g/mol. The van der Waals surface area contributed by atoms with Gasteiger partial charge in [-0.05, 0) is 5.92 Å². The molecule has 0 bridgehead atoms. The summed E-state index contributed by atoms with van der Waals surface area (Å²) in [5.74, 6) is -6.63. The van der Waals surface area contributed by atoms with Crippen molar-refractivity contribution < 1.29 is 17.6 Å². The highest BCUT2D eigenvalue weighted by Crippen LogP contribution is 2.39. The highest BCUT2D eigenvalue weighted by molar-refractivity contribution is 7.15. The van der Waals surface area contributed by atoms with Gasteiger partial charge in [-0.25, -0.2) is 22.5 Å². The van der Waals surface area contributed by atoms with Crippen molar-refractivity contribution in [2.24, 2.45) is 0 Å². The van der Waals surface area contributed by atoms with Crippen LogP contribution < -0.4 is 0 Å². The largest absolute Gasteiger partial charge is 0.249 e. The molecular weight excluding hydrogens is 302 g/mol. The van der Waals surface area contributed by atoms with Gasteiger partial charge in [0.1, 0.15) is 0 Å². The van der Waals surface area contributed by atoms with Crippen molar-refractivity contribution in [1.29, 1.82) is 0 Å². The van der Waals surface area contributed by atoms with Crippen LogP contribution in [0, 0.1) is 23.3 Å². The fourth-order valence-corrected chi connectivity index (χ4v) is 3.08. The van der Waals surface area contributed by atoms with Gasteiger partial charge in [0.15, 0.2) is 23.3 Å². The predicted molar refractivity (Wildman–Crippen MR) is 75.6 cm³/mol.